The van der Waals surface area contributed by atoms with Crippen LogP contribution in [0.2, 0.25) is 0 Å². The molecule has 0 heterocycles. The minimum absolute atomic E-state index is 0.110. The molecule has 0 aliphatic carbocycles. The van der Waals surface area contributed by atoms with Gasteiger partial charge in [0, 0.05) is 18.3 Å². The van der Waals surface area contributed by atoms with E-state index in [-0.39, 0.29) is 5.91 Å². The molecule has 1 amide bonds. The Hall–Kier alpha value is -3.13. The molecule has 0 aliphatic heterocycles. The molecule has 0 atom stereocenters. The summed E-state index contributed by atoms with van der Waals surface area (Å²) in [5, 5.41) is 2.71. The molecule has 0 unspecified atom stereocenters. The largest absolute Gasteiger partial charge is 0.491 e. The number of ether oxygens (including phenoxy) is 13. The molecule has 308 valence electrons. The van der Waals surface area contributed by atoms with Crippen LogP contribution in [0.4, 0.5) is 11.4 Å². The first kappa shape index (κ1) is 47.0. The molecule has 16 nitrogen and oxygen atoms in total. The molecule has 0 fully saturated rings. The molecule has 54 heavy (non-hydrogen) atoms. The first-order valence-corrected chi connectivity index (χ1v) is 18.5. The fourth-order valence-electron chi connectivity index (χ4n) is 4.14. The summed E-state index contributed by atoms with van der Waals surface area (Å²) >= 11 is 0. The maximum absolute atomic E-state index is 11.0. The zero-order valence-electron chi connectivity index (χ0n) is 31.9. The Balaban J connectivity index is 1.15. The first-order valence-electron chi connectivity index (χ1n) is 18.5. The molecule has 2 aromatic rings. The minimum Gasteiger partial charge on any atom is -0.491 e. The Morgan fingerprint density at radius 1 is 0.389 bits per heavy atom. The number of anilines is 2. The van der Waals surface area contributed by atoms with E-state index in [9.17, 15) is 4.79 Å². The number of hydrogen-bond donors (Lipinski definition) is 2. The summed E-state index contributed by atoms with van der Waals surface area (Å²) in [7, 11) is 0. The van der Waals surface area contributed by atoms with E-state index in [1.807, 2.05) is 12.1 Å². The van der Waals surface area contributed by atoms with Crippen LogP contribution < -0.4 is 20.5 Å². The fraction of sp³-hybridized carbons (Fsp3) is 0.658. The van der Waals surface area contributed by atoms with Gasteiger partial charge in [-0.2, -0.15) is 0 Å². The highest BCUT2D eigenvalue weighted by atomic mass is 16.6. The predicted molar refractivity (Wildman–Crippen MR) is 202 cm³/mol. The standard InChI is InChI=1S/C38H62N2O14/c1-34(41)40-36-4-8-38(9-5-36)54-33-31-52-29-27-50-25-23-48-21-19-46-17-15-44-13-11-42-10-12-43-14-16-45-18-20-47-22-24-49-26-28-51-30-32-53-37-6-2-35(39)3-7-37/h2-9H,10-33,39H2,1H3,(H,40,41). The molecule has 0 saturated heterocycles. The lowest BCUT2D eigenvalue weighted by molar-refractivity contribution is -0.114. The van der Waals surface area contributed by atoms with E-state index in [1.54, 1.807) is 36.4 Å². The fourth-order valence-corrected chi connectivity index (χ4v) is 4.14. The van der Waals surface area contributed by atoms with Crippen LogP contribution in [-0.4, -0.2) is 164 Å². The third-order valence-electron chi connectivity index (χ3n) is 6.77. The topological polar surface area (TPSA) is 175 Å². The number of hydrogen-bond acceptors (Lipinski definition) is 15. The van der Waals surface area contributed by atoms with Crippen molar-refractivity contribution in [2.45, 2.75) is 6.92 Å². The second kappa shape index (κ2) is 35.6. The Kier molecular flexibility index (Phi) is 31.0. The maximum Gasteiger partial charge on any atom is 0.221 e. The summed E-state index contributed by atoms with van der Waals surface area (Å²) in [6.07, 6.45) is 0. The highest BCUT2D eigenvalue weighted by Gasteiger charge is 2.00. The monoisotopic (exact) mass is 770 g/mol. The second-order valence-corrected chi connectivity index (χ2v) is 11.2. The van der Waals surface area contributed by atoms with Crippen LogP contribution in [0.1, 0.15) is 6.92 Å². The van der Waals surface area contributed by atoms with Crippen LogP contribution in [0.3, 0.4) is 0 Å². The normalized spacial score (nSPS) is 11.2. The van der Waals surface area contributed by atoms with E-state index in [0.29, 0.717) is 170 Å². The smallest absolute Gasteiger partial charge is 0.221 e. The van der Waals surface area contributed by atoms with Gasteiger partial charge < -0.3 is 72.6 Å². The number of carbonyl (C=O) groups is 1. The molecule has 0 aromatic heterocycles. The summed E-state index contributed by atoms with van der Waals surface area (Å²) in [4.78, 5) is 11.0. The van der Waals surface area contributed by atoms with E-state index >= 15 is 0 Å². The number of nitrogen functional groups attached to an aromatic ring is 1. The van der Waals surface area contributed by atoms with Gasteiger partial charge in [0.05, 0.1) is 145 Å². The average Bonchev–Trinajstić information content (AvgIpc) is 3.17. The second-order valence-electron chi connectivity index (χ2n) is 11.2. The van der Waals surface area contributed by atoms with Gasteiger partial charge in [0.15, 0.2) is 0 Å². The molecule has 0 bridgehead atoms. The highest BCUT2D eigenvalue weighted by molar-refractivity contribution is 5.88. The van der Waals surface area contributed by atoms with Gasteiger partial charge in [-0.25, -0.2) is 0 Å². The van der Waals surface area contributed by atoms with Gasteiger partial charge in [0.25, 0.3) is 0 Å². The summed E-state index contributed by atoms with van der Waals surface area (Å²) < 4.78 is 71.5. The molecule has 0 radical (unpaired) electrons. The number of nitrogens with one attached hydrogen (secondary N) is 1. The van der Waals surface area contributed by atoms with Crippen LogP contribution in [0.15, 0.2) is 48.5 Å². The minimum atomic E-state index is -0.110. The zero-order valence-corrected chi connectivity index (χ0v) is 31.9. The van der Waals surface area contributed by atoms with Crippen molar-refractivity contribution in [3.63, 3.8) is 0 Å². The van der Waals surface area contributed by atoms with Crippen molar-refractivity contribution < 1.29 is 66.4 Å². The van der Waals surface area contributed by atoms with Crippen molar-refractivity contribution in [2.24, 2.45) is 0 Å². The summed E-state index contributed by atoms with van der Waals surface area (Å²) in [6.45, 7) is 13.2. The number of amides is 1. The molecule has 2 aromatic carbocycles. The van der Waals surface area contributed by atoms with Crippen molar-refractivity contribution in [1.29, 1.82) is 0 Å². The zero-order chi connectivity index (χ0) is 38.4. The van der Waals surface area contributed by atoms with Gasteiger partial charge in [-0.05, 0) is 48.5 Å². The molecule has 2 rings (SSSR count). The van der Waals surface area contributed by atoms with Crippen LogP contribution in [0, 0.1) is 0 Å². The first-order chi connectivity index (χ1) is 26.6. The van der Waals surface area contributed by atoms with Crippen molar-refractivity contribution in [3.05, 3.63) is 48.5 Å². The van der Waals surface area contributed by atoms with Gasteiger partial charge in [-0.3, -0.25) is 4.79 Å². The Morgan fingerprint density at radius 2 is 0.611 bits per heavy atom. The van der Waals surface area contributed by atoms with Crippen LogP contribution in [0.25, 0.3) is 0 Å². The molecule has 3 N–H and O–H groups in total. The predicted octanol–water partition coefficient (Wildman–Crippen LogP) is 2.87. The van der Waals surface area contributed by atoms with Crippen LogP contribution in [-0.2, 0) is 56.9 Å². The lowest BCUT2D eigenvalue weighted by Gasteiger charge is -2.09. The van der Waals surface area contributed by atoms with E-state index in [2.05, 4.69) is 5.32 Å². The summed E-state index contributed by atoms with van der Waals surface area (Å²) in [5.74, 6) is 1.37. The van der Waals surface area contributed by atoms with Gasteiger partial charge in [-0.1, -0.05) is 0 Å². The van der Waals surface area contributed by atoms with Crippen molar-refractivity contribution in [1.82, 2.24) is 0 Å². The Labute approximate surface area is 320 Å². The summed E-state index contributed by atoms with van der Waals surface area (Å²) in [5.41, 5.74) is 7.08. The molecular weight excluding hydrogens is 708 g/mol. The third kappa shape index (κ3) is 30.2. The lowest BCUT2D eigenvalue weighted by Crippen LogP contribution is -2.15. The lowest BCUT2D eigenvalue weighted by atomic mass is 10.3. The van der Waals surface area contributed by atoms with Gasteiger partial charge in [0.1, 0.15) is 24.7 Å². The summed E-state index contributed by atoms with van der Waals surface area (Å²) in [6, 6.07) is 14.4. The van der Waals surface area contributed by atoms with E-state index in [1.165, 1.54) is 6.92 Å². The molecular formula is C38H62N2O14. The number of nitrogens with two attached hydrogens (primary N) is 1. The van der Waals surface area contributed by atoms with Crippen molar-refractivity contribution in [2.75, 3.05) is 170 Å². The van der Waals surface area contributed by atoms with Crippen molar-refractivity contribution in [3.8, 4) is 11.5 Å². The van der Waals surface area contributed by atoms with Crippen LogP contribution >= 0.6 is 0 Å². The van der Waals surface area contributed by atoms with Crippen LogP contribution in [0.5, 0.6) is 11.5 Å². The van der Waals surface area contributed by atoms with E-state index in [4.69, 9.17) is 67.3 Å². The van der Waals surface area contributed by atoms with Gasteiger partial charge >= 0.3 is 0 Å². The molecule has 0 spiro atoms. The Morgan fingerprint density at radius 3 is 0.852 bits per heavy atom. The molecule has 0 aliphatic rings. The number of carbonyl (C=O) groups excluding carboxylic acids is 1. The Bertz CT molecular complexity index is 1110. The number of rotatable bonds is 39. The SMILES string of the molecule is CC(=O)Nc1ccc(OCCOCCOCCOCCOCCOCCOCCOCCOCCOCCOCCOCCOc2ccc(N)cc2)cc1. The molecule has 16 heteroatoms. The highest BCUT2D eigenvalue weighted by Crippen LogP contribution is 2.15. The van der Waals surface area contributed by atoms with Crippen molar-refractivity contribution >= 4 is 17.3 Å². The average molecular weight is 771 g/mol. The third-order valence-corrected chi connectivity index (χ3v) is 6.77. The van der Waals surface area contributed by atoms with E-state index < -0.39 is 0 Å². The number of benzene rings is 2. The van der Waals surface area contributed by atoms with Gasteiger partial charge in [-0.15, -0.1) is 0 Å². The maximum atomic E-state index is 11.0. The van der Waals surface area contributed by atoms with E-state index in [0.717, 1.165) is 11.4 Å². The quantitative estimate of drug-likeness (QED) is 0.0750. The van der Waals surface area contributed by atoms with Gasteiger partial charge in [0.2, 0.25) is 5.91 Å². The molecule has 0 saturated carbocycles.